The van der Waals surface area contributed by atoms with Crippen LogP contribution in [-0.4, -0.2) is 43.1 Å². The van der Waals surface area contributed by atoms with Crippen LogP contribution in [0, 0.1) is 17.7 Å². The minimum Gasteiger partial charge on any atom is -0.351 e. The molecule has 3 N–H and O–H groups in total. The van der Waals surface area contributed by atoms with Crippen LogP contribution in [0.4, 0.5) is 27.8 Å². The maximum absolute atomic E-state index is 15.8. The summed E-state index contributed by atoms with van der Waals surface area (Å²) in [7, 11) is 0. The van der Waals surface area contributed by atoms with Crippen LogP contribution >= 0.6 is 0 Å². The van der Waals surface area contributed by atoms with Crippen LogP contribution in [0.3, 0.4) is 0 Å². The lowest BCUT2D eigenvalue weighted by Gasteiger charge is -2.22. The Morgan fingerprint density at radius 3 is 2.65 bits per heavy atom. The summed E-state index contributed by atoms with van der Waals surface area (Å²) in [5.74, 6) is -2.94. The predicted octanol–water partition coefficient (Wildman–Crippen LogP) is 3.92. The van der Waals surface area contributed by atoms with Gasteiger partial charge in [0.25, 0.3) is 0 Å². The van der Waals surface area contributed by atoms with Crippen molar-refractivity contribution < 1.29 is 31.5 Å². The molecule has 37 heavy (non-hydrogen) atoms. The number of H-pyrrole nitrogens is 1. The summed E-state index contributed by atoms with van der Waals surface area (Å²) in [5, 5.41) is 11.4. The van der Waals surface area contributed by atoms with E-state index in [9.17, 15) is 27.2 Å². The van der Waals surface area contributed by atoms with E-state index in [0.29, 0.717) is 19.3 Å². The van der Waals surface area contributed by atoms with Crippen molar-refractivity contribution in [3.05, 3.63) is 41.7 Å². The molecular weight excluding hydrogens is 501 g/mol. The first-order valence-corrected chi connectivity index (χ1v) is 11.4. The lowest BCUT2D eigenvalue weighted by molar-refractivity contribution is -0.139. The number of hydrogen-bond acceptors (Lipinski definition) is 5. The van der Waals surface area contributed by atoms with Crippen molar-refractivity contribution in [2.24, 2.45) is 11.8 Å². The quantitative estimate of drug-likeness (QED) is 0.253. The zero-order chi connectivity index (χ0) is 26.1. The molecular formula is C23H18F5N7O2. The minimum absolute atomic E-state index is 0.0229. The number of nitrogens with zero attached hydrogens (tertiary/aromatic N) is 4. The fourth-order valence-electron chi connectivity index (χ4n) is 4.69. The van der Waals surface area contributed by atoms with Crippen LogP contribution in [0.5, 0.6) is 0 Å². The normalized spacial score (nSPS) is 20.2. The molecule has 2 amide bonds. The van der Waals surface area contributed by atoms with Gasteiger partial charge in [-0.1, -0.05) is 0 Å². The Morgan fingerprint density at radius 1 is 1.24 bits per heavy atom. The van der Waals surface area contributed by atoms with Crippen molar-refractivity contribution in [2.45, 2.75) is 37.7 Å². The van der Waals surface area contributed by atoms with Crippen molar-refractivity contribution in [1.29, 1.82) is 0 Å². The Morgan fingerprint density at radius 2 is 2.00 bits per heavy atom. The Hall–Kier alpha value is -4.10. The molecule has 1 aromatic carbocycles. The van der Waals surface area contributed by atoms with Gasteiger partial charge in [0.1, 0.15) is 17.6 Å². The third-order valence-electron chi connectivity index (χ3n) is 6.72. The first-order chi connectivity index (χ1) is 17.7. The molecule has 3 unspecified atom stereocenters. The number of hydrogen-bond donors (Lipinski definition) is 3. The van der Waals surface area contributed by atoms with Crippen molar-refractivity contribution in [2.75, 3.05) is 5.32 Å². The SMILES string of the molecule is O=CNC(c1c(F)c(C(F)(F)F)c(-c2cn3cc(NC(=O)C4CC4F)nc3cn2)c2cn[nH]c12)C1CC1. The Balaban J connectivity index is 1.50. The molecule has 3 heterocycles. The van der Waals surface area contributed by atoms with Gasteiger partial charge in [-0.15, -0.1) is 0 Å². The number of aromatic amines is 1. The van der Waals surface area contributed by atoms with Gasteiger partial charge >= 0.3 is 6.18 Å². The fraction of sp³-hybridized carbons (Fsp3) is 0.348. The summed E-state index contributed by atoms with van der Waals surface area (Å²) in [4.78, 5) is 31.4. The number of aromatic nitrogens is 5. The molecule has 3 aromatic heterocycles. The fourth-order valence-corrected chi connectivity index (χ4v) is 4.69. The average molecular weight is 519 g/mol. The summed E-state index contributed by atoms with van der Waals surface area (Å²) in [6.45, 7) is 0. The van der Waals surface area contributed by atoms with E-state index in [0.717, 1.165) is 6.20 Å². The van der Waals surface area contributed by atoms with E-state index in [4.69, 9.17) is 0 Å². The number of carbonyl (C=O) groups excluding carboxylic acids is 2. The lowest BCUT2D eigenvalue weighted by atomic mass is 9.91. The molecule has 2 aliphatic rings. The molecule has 14 heteroatoms. The second kappa shape index (κ2) is 8.21. The first-order valence-electron chi connectivity index (χ1n) is 11.4. The van der Waals surface area contributed by atoms with Crippen molar-refractivity contribution in [3.8, 4) is 11.3 Å². The molecule has 6 rings (SSSR count). The molecule has 0 spiro atoms. The zero-order valence-electron chi connectivity index (χ0n) is 18.8. The number of nitrogens with one attached hydrogen (secondary N) is 3. The maximum Gasteiger partial charge on any atom is 0.419 e. The van der Waals surface area contributed by atoms with E-state index < -0.39 is 47.2 Å². The van der Waals surface area contributed by atoms with Gasteiger partial charge in [0, 0.05) is 22.7 Å². The average Bonchev–Trinajstić information content (AvgIpc) is 3.72. The van der Waals surface area contributed by atoms with Gasteiger partial charge in [-0.25, -0.2) is 13.8 Å². The second-order valence-corrected chi connectivity index (χ2v) is 9.25. The van der Waals surface area contributed by atoms with Gasteiger partial charge in [-0.05, 0) is 25.2 Å². The van der Waals surface area contributed by atoms with E-state index in [2.05, 4.69) is 30.8 Å². The number of carbonyl (C=O) groups is 2. The number of amides is 2. The van der Waals surface area contributed by atoms with E-state index in [1.807, 2.05) is 0 Å². The van der Waals surface area contributed by atoms with E-state index >= 15 is 4.39 Å². The smallest absolute Gasteiger partial charge is 0.351 e. The lowest BCUT2D eigenvalue weighted by Crippen LogP contribution is -2.25. The highest BCUT2D eigenvalue weighted by atomic mass is 19.4. The number of anilines is 1. The molecule has 0 bridgehead atoms. The molecule has 3 atom stereocenters. The van der Waals surface area contributed by atoms with E-state index in [1.165, 1.54) is 23.0 Å². The number of rotatable bonds is 7. The van der Waals surface area contributed by atoms with Crippen LogP contribution in [0.15, 0.2) is 24.8 Å². The Kier molecular flexibility index (Phi) is 5.17. The third kappa shape index (κ3) is 3.96. The van der Waals surface area contributed by atoms with Gasteiger partial charge in [0.05, 0.1) is 41.8 Å². The number of alkyl halides is 4. The number of imidazole rings is 1. The molecule has 9 nitrogen and oxygen atoms in total. The van der Waals surface area contributed by atoms with Crippen LogP contribution < -0.4 is 10.6 Å². The summed E-state index contributed by atoms with van der Waals surface area (Å²) in [5.41, 5.74) is -2.36. The van der Waals surface area contributed by atoms with Gasteiger partial charge in [-0.2, -0.15) is 18.3 Å². The molecule has 2 aliphatic carbocycles. The predicted molar refractivity (Wildman–Crippen MR) is 119 cm³/mol. The third-order valence-corrected chi connectivity index (χ3v) is 6.72. The van der Waals surface area contributed by atoms with Crippen LogP contribution in [0.1, 0.15) is 36.4 Å². The van der Waals surface area contributed by atoms with Crippen LogP contribution in [0.25, 0.3) is 27.8 Å². The molecule has 192 valence electrons. The highest BCUT2D eigenvalue weighted by Crippen LogP contribution is 2.49. The Labute approximate surface area is 204 Å². The van der Waals surface area contributed by atoms with Gasteiger partial charge in [0.2, 0.25) is 12.3 Å². The Bertz CT molecular complexity index is 1560. The maximum atomic E-state index is 15.8. The van der Waals surface area contributed by atoms with Crippen LogP contribution in [0.2, 0.25) is 0 Å². The summed E-state index contributed by atoms with van der Waals surface area (Å²) in [6.07, 6.45) is 0.324. The highest BCUT2D eigenvalue weighted by molar-refractivity contribution is 5.98. The molecule has 0 saturated heterocycles. The van der Waals surface area contributed by atoms with Gasteiger partial charge in [0.15, 0.2) is 11.5 Å². The highest BCUT2D eigenvalue weighted by Gasteiger charge is 2.45. The van der Waals surface area contributed by atoms with E-state index in [1.54, 1.807) is 0 Å². The number of benzene rings is 1. The minimum atomic E-state index is -5.10. The molecule has 0 radical (unpaired) electrons. The topological polar surface area (TPSA) is 117 Å². The number of fused-ring (bicyclic) bond motifs is 2. The molecule has 4 aromatic rings. The summed E-state index contributed by atoms with van der Waals surface area (Å²) in [6, 6.07) is -0.957. The standard InChI is InChI=1S/C23H18F5N7O2/c24-12-3-10(12)22(37)33-14-7-35-6-13(29-5-15(35)32-14)16-11-4-31-34-21(11)17(19(25)18(16)23(26,27)28)20(30-8-36)9-1-2-9/h4-10,12,20H,1-3H2,(H,30,36)(H,31,34)(H,33,37). The second-order valence-electron chi connectivity index (χ2n) is 9.25. The first kappa shape index (κ1) is 23.3. The van der Waals surface area contributed by atoms with Crippen LogP contribution in [-0.2, 0) is 15.8 Å². The van der Waals surface area contributed by atoms with E-state index in [-0.39, 0.29) is 46.0 Å². The number of halogens is 5. The van der Waals surface area contributed by atoms with Crippen molar-refractivity contribution >= 4 is 34.7 Å². The monoisotopic (exact) mass is 519 g/mol. The summed E-state index contributed by atoms with van der Waals surface area (Å²) < 4.78 is 73.4. The molecule has 2 fully saturated rings. The van der Waals surface area contributed by atoms with Crippen molar-refractivity contribution in [1.82, 2.24) is 29.9 Å². The largest absolute Gasteiger partial charge is 0.419 e. The molecule has 0 aliphatic heterocycles. The summed E-state index contributed by atoms with van der Waals surface area (Å²) >= 11 is 0. The van der Waals surface area contributed by atoms with Gasteiger partial charge < -0.3 is 15.0 Å². The zero-order valence-corrected chi connectivity index (χ0v) is 18.8. The molecule has 2 saturated carbocycles. The van der Waals surface area contributed by atoms with Crippen molar-refractivity contribution in [3.63, 3.8) is 0 Å². The van der Waals surface area contributed by atoms with Gasteiger partial charge in [-0.3, -0.25) is 19.7 Å².